The first kappa shape index (κ1) is 20.2. The van der Waals surface area contributed by atoms with E-state index < -0.39 is 17.7 Å². The highest BCUT2D eigenvalue weighted by Crippen LogP contribution is 2.29. The van der Waals surface area contributed by atoms with E-state index in [9.17, 15) is 14.7 Å². The summed E-state index contributed by atoms with van der Waals surface area (Å²) < 4.78 is 6.88. The Morgan fingerprint density at radius 1 is 1.27 bits per heavy atom. The van der Waals surface area contributed by atoms with Crippen molar-refractivity contribution in [3.8, 4) is 0 Å². The number of ether oxygens (including phenoxy) is 1. The molecular formula is C19H24N2O4S. The number of esters is 1. The molecule has 0 unspecified atom stereocenters. The Morgan fingerprint density at radius 3 is 2.54 bits per heavy atom. The van der Waals surface area contributed by atoms with E-state index >= 15 is 0 Å². The van der Waals surface area contributed by atoms with Crippen LogP contribution < -0.4 is 0 Å². The highest BCUT2D eigenvalue weighted by atomic mass is 32.2. The van der Waals surface area contributed by atoms with Gasteiger partial charge in [-0.25, -0.2) is 4.98 Å². The van der Waals surface area contributed by atoms with Gasteiger partial charge in [-0.1, -0.05) is 30.0 Å². The van der Waals surface area contributed by atoms with Gasteiger partial charge in [0.05, 0.1) is 11.9 Å². The first-order chi connectivity index (χ1) is 12.2. The first-order valence-corrected chi connectivity index (χ1v) is 9.13. The molecule has 140 valence electrons. The average Bonchev–Trinajstić information content (AvgIpc) is 2.87. The lowest BCUT2D eigenvalue weighted by molar-refractivity contribution is -0.156. The highest BCUT2D eigenvalue weighted by Gasteiger charge is 2.23. The van der Waals surface area contributed by atoms with Crippen molar-refractivity contribution < 1.29 is 19.4 Å². The van der Waals surface area contributed by atoms with Gasteiger partial charge in [0.2, 0.25) is 0 Å². The lowest BCUT2D eigenvalue weighted by Crippen LogP contribution is -2.25. The fraction of sp³-hybridized carbons (Fsp3) is 0.421. The molecule has 0 fully saturated rings. The Labute approximate surface area is 157 Å². The third-order valence-electron chi connectivity index (χ3n) is 3.46. The molecule has 0 saturated heterocycles. The zero-order valence-corrected chi connectivity index (χ0v) is 16.2. The summed E-state index contributed by atoms with van der Waals surface area (Å²) in [6.07, 6.45) is 0.0236. The van der Waals surface area contributed by atoms with Gasteiger partial charge in [-0.3, -0.25) is 9.59 Å². The summed E-state index contributed by atoms with van der Waals surface area (Å²) in [5, 5.41) is 11.1. The van der Waals surface area contributed by atoms with Crippen LogP contribution in [0.4, 0.5) is 0 Å². The molecule has 1 N–H and O–H groups in total. The molecule has 1 aromatic carbocycles. The minimum atomic E-state index is -1.02. The number of nitrogens with zero attached hydrogens (tertiary/aromatic N) is 2. The van der Waals surface area contributed by atoms with Crippen molar-refractivity contribution in [2.45, 2.75) is 55.4 Å². The van der Waals surface area contributed by atoms with Crippen LogP contribution in [0.3, 0.4) is 0 Å². The number of aliphatic hydroxyl groups excluding tert-OH is 1. The Hall–Kier alpha value is -2.12. The number of benzene rings is 1. The fourth-order valence-electron chi connectivity index (χ4n) is 2.33. The molecule has 0 aliphatic heterocycles. The molecule has 0 radical (unpaired) electrons. The van der Waals surface area contributed by atoms with Crippen LogP contribution in [0.2, 0.25) is 0 Å². The Morgan fingerprint density at radius 2 is 1.92 bits per heavy atom. The van der Waals surface area contributed by atoms with Gasteiger partial charge in [0.1, 0.15) is 23.9 Å². The van der Waals surface area contributed by atoms with Gasteiger partial charge in [0, 0.05) is 18.4 Å². The molecule has 0 spiro atoms. The number of imidazole rings is 1. The number of rotatable bonds is 7. The maximum Gasteiger partial charge on any atom is 0.313 e. The highest BCUT2D eigenvalue weighted by molar-refractivity contribution is 7.99. The van der Waals surface area contributed by atoms with Crippen LogP contribution >= 0.6 is 11.8 Å². The van der Waals surface area contributed by atoms with E-state index in [1.54, 1.807) is 38.6 Å². The number of aromatic nitrogens is 2. The van der Waals surface area contributed by atoms with Crippen LogP contribution in [0.15, 0.2) is 46.6 Å². The number of hydrogen-bond donors (Lipinski definition) is 1. The van der Waals surface area contributed by atoms with Crippen LogP contribution in [0.25, 0.3) is 0 Å². The maximum absolute atomic E-state index is 12.0. The second-order valence-electron chi connectivity index (χ2n) is 6.96. The number of carbonyl (C=O) groups excluding carboxylic acids is 2. The first-order valence-electron chi connectivity index (χ1n) is 8.32. The molecule has 0 bridgehead atoms. The summed E-state index contributed by atoms with van der Waals surface area (Å²) in [4.78, 5) is 29.1. The van der Waals surface area contributed by atoms with Gasteiger partial charge < -0.3 is 14.4 Å². The van der Waals surface area contributed by atoms with Gasteiger partial charge in [0.25, 0.3) is 0 Å². The van der Waals surface area contributed by atoms with Crippen molar-refractivity contribution in [3.63, 3.8) is 0 Å². The van der Waals surface area contributed by atoms with E-state index in [-0.39, 0.29) is 18.6 Å². The van der Waals surface area contributed by atoms with E-state index in [0.29, 0.717) is 10.9 Å². The summed E-state index contributed by atoms with van der Waals surface area (Å²) in [6.45, 7) is 5.23. The molecule has 2 rings (SSSR count). The SMILES string of the molecule is Cn1c([C@@H](O)CC(=O)CC(=O)OC(C)(C)C)cnc1Sc1ccccc1. The fourth-order valence-corrected chi connectivity index (χ4v) is 3.19. The number of carbonyl (C=O) groups is 2. The molecule has 0 aliphatic rings. The Kier molecular flexibility index (Phi) is 6.61. The summed E-state index contributed by atoms with van der Waals surface area (Å²) in [6, 6.07) is 9.76. The number of ketones is 1. The molecule has 0 saturated carbocycles. The van der Waals surface area contributed by atoms with Gasteiger partial charge in [-0.05, 0) is 32.9 Å². The molecule has 0 aliphatic carbocycles. The Balaban J connectivity index is 1.96. The average molecular weight is 376 g/mol. The zero-order valence-electron chi connectivity index (χ0n) is 15.4. The molecule has 2 aromatic rings. The topological polar surface area (TPSA) is 81.4 Å². The predicted molar refractivity (Wildman–Crippen MR) is 98.8 cm³/mol. The summed E-state index contributed by atoms with van der Waals surface area (Å²) in [7, 11) is 1.79. The van der Waals surface area contributed by atoms with Crippen molar-refractivity contribution in [1.82, 2.24) is 9.55 Å². The van der Waals surface area contributed by atoms with E-state index in [1.165, 1.54) is 11.8 Å². The standard InChI is InChI=1S/C19H24N2O4S/c1-19(2,3)25-17(24)11-13(22)10-16(23)15-12-20-18(21(15)4)26-14-8-6-5-7-9-14/h5-9,12,16,23H,10-11H2,1-4H3/t16-/m0/s1. The molecule has 26 heavy (non-hydrogen) atoms. The van der Waals surface area contributed by atoms with Crippen LogP contribution in [0, 0.1) is 0 Å². The lowest BCUT2D eigenvalue weighted by Gasteiger charge is -2.19. The maximum atomic E-state index is 12.0. The smallest absolute Gasteiger partial charge is 0.313 e. The van der Waals surface area contributed by atoms with Crippen LogP contribution in [0.5, 0.6) is 0 Å². The molecule has 1 heterocycles. The lowest BCUT2D eigenvalue weighted by atomic mass is 10.1. The van der Waals surface area contributed by atoms with Gasteiger partial charge in [-0.2, -0.15) is 0 Å². The van der Waals surface area contributed by atoms with Crippen LogP contribution in [0.1, 0.15) is 45.4 Å². The van der Waals surface area contributed by atoms with Gasteiger partial charge >= 0.3 is 5.97 Å². The van der Waals surface area contributed by atoms with Crippen molar-refractivity contribution >= 4 is 23.5 Å². The van der Waals surface area contributed by atoms with Crippen molar-refractivity contribution in [2.24, 2.45) is 7.05 Å². The molecule has 6 nitrogen and oxygen atoms in total. The minimum absolute atomic E-state index is 0.159. The second-order valence-corrected chi connectivity index (χ2v) is 8.00. The van der Waals surface area contributed by atoms with Crippen molar-refractivity contribution in [1.29, 1.82) is 0 Å². The van der Waals surface area contributed by atoms with Crippen LogP contribution in [-0.4, -0.2) is 32.0 Å². The summed E-state index contributed by atoms with van der Waals surface area (Å²) in [5.41, 5.74) is -0.109. The van der Waals surface area contributed by atoms with E-state index in [4.69, 9.17) is 4.74 Å². The zero-order chi connectivity index (χ0) is 19.3. The number of hydrogen-bond acceptors (Lipinski definition) is 6. The Bertz CT molecular complexity index is 766. The summed E-state index contributed by atoms with van der Waals surface area (Å²) >= 11 is 1.47. The third kappa shape index (κ3) is 6.00. The molecule has 1 aromatic heterocycles. The molecular weight excluding hydrogens is 352 g/mol. The van der Waals surface area contributed by atoms with Crippen LogP contribution in [-0.2, 0) is 21.4 Å². The monoisotopic (exact) mass is 376 g/mol. The van der Waals surface area contributed by atoms with Gasteiger partial charge in [0.15, 0.2) is 5.16 Å². The second kappa shape index (κ2) is 8.51. The van der Waals surface area contributed by atoms with E-state index in [2.05, 4.69) is 4.98 Å². The quantitative estimate of drug-likeness (QED) is 0.590. The largest absolute Gasteiger partial charge is 0.460 e. The van der Waals surface area contributed by atoms with Gasteiger partial charge in [-0.15, -0.1) is 0 Å². The van der Waals surface area contributed by atoms with E-state index in [0.717, 1.165) is 4.90 Å². The van der Waals surface area contributed by atoms with E-state index in [1.807, 2.05) is 30.3 Å². The minimum Gasteiger partial charge on any atom is -0.460 e. The normalized spacial score (nSPS) is 12.7. The molecule has 1 atom stereocenters. The molecule has 0 amide bonds. The van der Waals surface area contributed by atoms with Crippen molar-refractivity contribution in [2.75, 3.05) is 0 Å². The summed E-state index contributed by atoms with van der Waals surface area (Å²) in [5.74, 6) is -0.953. The molecule has 7 heteroatoms. The third-order valence-corrected chi connectivity index (χ3v) is 4.53. The van der Waals surface area contributed by atoms with Crippen molar-refractivity contribution in [3.05, 3.63) is 42.2 Å². The number of Topliss-reactive ketones (excluding diaryl/α,β-unsaturated/α-hetero) is 1. The predicted octanol–water partition coefficient (Wildman–Crippen LogP) is 3.30. The number of aliphatic hydroxyl groups is 1.